The highest BCUT2D eigenvalue weighted by molar-refractivity contribution is 6.10. The summed E-state index contributed by atoms with van der Waals surface area (Å²) in [7, 11) is 1.55. The number of anilines is 3. The zero-order chi connectivity index (χ0) is 41.5. The van der Waals surface area contributed by atoms with Gasteiger partial charge in [-0.05, 0) is 120 Å². The van der Waals surface area contributed by atoms with Crippen molar-refractivity contribution >= 4 is 57.5 Å². The molecule has 16 nitrogen and oxygen atoms in total. The molecule has 0 aliphatic carbocycles. The highest BCUT2D eigenvalue weighted by Gasteiger charge is 2.28. The van der Waals surface area contributed by atoms with E-state index in [9.17, 15) is 28.8 Å². The molecule has 0 saturated heterocycles. The van der Waals surface area contributed by atoms with E-state index >= 15 is 0 Å². The number of H-pyrrole nitrogens is 2. The summed E-state index contributed by atoms with van der Waals surface area (Å²) in [6.07, 6.45) is 1.53. The zero-order valence-corrected chi connectivity index (χ0v) is 33.7. The standard InChI is InChI=1S/C41H56N10O6/c1-7-50(8-2)21-11-19-42-37(53)29-23-30(38(54)43-20-12-22-51(9-3)10-4)25-33(24-29)45-39(55)28-13-15-31(16-14-28)48-49(6)36(27(5)52)40(56)44-32-17-18-34-35(26-32)47-41(57)46-34/h13-18,23-26,36,48H,7-12,19-22H2,1-6H3,(H,42,53)(H,43,54)(H,44,56)(H,45,55)(H2,46,47,57). The first-order valence-corrected chi connectivity index (χ1v) is 19.5. The number of Topliss-reactive ketones (excluding diaryl/α,β-unsaturated/α-hetero) is 1. The second-order valence-electron chi connectivity index (χ2n) is 13.7. The molecule has 0 radical (unpaired) electrons. The molecule has 16 heteroatoms. The van der Waals surface area contributed by atoms with Crippen molar-refractivity contribution in [2.45, 2.75) is 53.5 Å². The second-order valence-corrected chi connectivity index (χ2v) is 13.7. The summed E-state index contributed by atoms with van der Waals surface area (Å²) in [6, 6.07) is 14.6. The van der Waals surface area contributed by atoms with Gasteiger partial charge in [0.2, 0.25) is 0 Å². The molecule has 0 aliphatic heterocycles. The summed E-state index contributed by atoms with van der Waals surface area (Å²) in [5.74, 6) is -2.18. The van der Waals surface area contributed by atoms with Crippen molar-refractivity contribution in [2.24, 2.45) is 0 Å². The topological polar surface area (TPSA) is 204 Å². The van der Waals surface area contributed by atoms with Crippen LogP contribution in [-0.2, 0) is 9.59 Å². The number of hydrogen-bond acceptors (Lipinski definition) is 10. The van der Waals surface area contributed by atoms with Crippen molar-refractivity contribution in [1.82, 2.24) is 35.4 Å². The smallest absolute Gasteiger partial charge is 0.323 e. The number of likely N-dealkylation sites (N-methyl/N-ethyl adjacent to an activating group) is 1. The predicted molar refractivity (Wildman–Crippen MR) is 224 cm³/mol. The zero-order valence-electron chi connectivity index (χ0n) is 33.7. The Labute approximate surface area is 333 Å². The summed E-state index contributed by atoms with van der Waals surface area (Å²) in [4.78, 5) is 87.2. The van der Waals surface area contributed by atoms with Gasteiger partial charge < -0.3 is 46.5 Å². The van der Waals surface area contributed by atoms with E-state index in [0.717, 1.165) is 52.1 Å². The number of carbonyl (C=O) groups excluding carboxylic acids is 5. The molecule has 0 bridgehead atoms. The van der Waals surface area contributed by atoms with E-state index < -0.39 is 23.6 Å². The minimum atomic E-state index is -1.21. The van der Waals surface area contributed by atoms with Crippen LogP contribution in [0.4, 0.5) is 17.1 Å². The van der Waals surface area contributed by atoms with E-state index in [0.29, 0.717) is 35.5 Å². The summed E-state index contributed by atoms with van der Waals surface area (Å²) in [6.45, 7) is 16.0. The molecule has 57 heavy (non-hydrogen) atoms. The van der Waals surface area contributed by atoms with E-state index in [4.69, 9.17) is 0 Å². The lowest BCUT2D eigenvalue weighted by atomic mass is 10.1. The van der Waals surface area contributed by atoms with Gasteiger partial charge in [-0.25, -0.2) is 9.80 Å². The predicted octanol–water partition coefficient (Wildman–Crippen LogP) is 3.89. The van der Waals surface area contributed by atoms with Gasteiger partial charge in [0.05, 0.1) is 11.0 Å². The highest BCUT2D eigenvalue weighted by atomic mass is 16.2. The lowest BCUT2D eigenvalue weighted by molar-refractivity contribution is -0.130. The van der Waals surface area contributed by atoms with Gasteiger partial charge in [0.15, 0.2) is 11.8 Å². The Hall–Kier alpha value is -5.84. The summed E-state index contributed by atoms with van der Waals surface area (Å²) in [5.41, 5.74) is 5.68. The number of amides is 4. The van der Waals surface area contributed by atoms with Crippen molar-refractivity contribution < 1.29 is 24.0 Å². The number of aromatic nitrogens is 2. The van der Waals surface area contributed by atoms with Gasteiger partial charge in [0.25, 0.3) is 23.6 Å². The van der Waals surface area contributed by atoms with Crippen LogP contribution in [0.2, 0.25) is 0 Å². The van der Waals surface area contributed by atoms with Crippen LogP contribution >= 0.6 is 0 Å². The highest BCUT2D eigenvalue weighted by Crippen LogP contribution is 2.20. The minimum absolute atomic E-state index is 0.246. The second kappa shape index (κ2) is 21.5. The van der Waals surface area contributed by atoms with Gasteiger partial charge in [0.1, 0.15) is 0 Å². The maximum atomic E-state index is 13.4. The molecular formula is C41H56N10O6. The Kier molecular flexibility index (Phi) is 16.5. The molecule has 4 aromatic rings. The first-order valence-electron chi connectivity index (χ1n) is 19.5. The summed E-state index contributed by atoms with van der Waals surface area (Å²) < 4.78 is 0. The SMILES string of the molecule is CCN(CC)CCCNC(=O)c1cc(NC(=O)c2ccc(NN(C)C(C(C)=O)C(=O)Nc3ccc4[nH]c(=O)[nH]c4c3)cc2)cc(C(=O)NCCCN(CC)CC)c1. The average Bonchev–Trinajstić information content (AvgIpc) is 3.57. The number of imidazole rings is 1. The molecule has 0 aliphatic rings. The van der Waals surface area contributed by atoms with Crippen LogP contribution in [0.5, 0.6) is 0 Å². The van der Waals surface area contributed by atoms with E-state index in [2.05, 4.69) is 74.2 Å². The van der Waals surface area contributed by atoms with Gasteiger partial charge in [-0.15, -0.1) is 0 Å². The molecule has 306 valence electrons. The normalized spacial score (nSPS) is 11.8. The van der Waals surface area contributed by atoms with Crippen LogP contribution in [0, 0.1) is 0 Å². The van der Waals surface area contributed by atoms with Gasteiger partial charge in [-0.2, -0.15) is 0 Å². The Morgan fingerprint density at radius 1 is 0.614 bits per heavy atom. The lowest BCUT2D eigenvalue weighted by Gasteiger charge is -2.26. The Balaban J connectivity index is 1.43. The quantitative estimate of drug-likeness (QED) is 0.0348. The van der Waals surface area contributed by atoms with Crippen LogP contribution in [0.1, 0.15) is 78.5 Å². The first kappa shape index (κ1) is 43.9. The third kappa shape index (κ3) is 12.8. The number of benzene rings is 3. The molecule has 1 atom stereocenters. The molecule has 0 saturated carbocycles. The van der Waals surface area contributed by atoms with Crippen LogP contribution in [0.25, 0.3) is 11.0 Å². The van der Waals surface area contributed by atoms with Crippen LogP contribution in [-0.4, -0.2) is 120 Å². The van der Waals surface area contributed by atoms with Crippen molar-refractivity contribution in [3.8, 4) is 0 Å². The number of fused-ring (bicyclic) bond motifs is 1. The van der Waals surface area contributed by atoms with Gasteiger partial charge in [-0.1, -0.05) is 27.7 Å². The number of ketones is 1. The minimum Gasteiger partial charge on any atom is -0.352 e. The molecule has 7 N–H and O–H groups in total. The molecule has 3 aromatic carbocycles. The fourth-order valence-electron chi connectivity index (χ4n) is 6.38. The van der Waals surface area contributed by atoms with Crippen LogP contribution in [0.15, 0.2) is 65.5 Å². The van der Waals surface area contributed by atoms with Crippen molar-refractivity contribution in [3.63, 3.8) is 0 Å². The fourth-order valence-corrected chi connectivity index (χ4v) is 6.38. The maximum absolute atomic E-state index is 13.4. The molecule has 1 unspecified atom stereocenters. The maximum Gasteiger partial charge on any atom is 0.323 e. The van der Waals surface area contributed by atoms with E-state index in [1.165, 1.54) is 18.0 Å². The van der Waals surface area contributed by atoms with Crippen LogP contribution < -0.4 is 32.4 Å². The number of nitrogens with one attached hydrogen (secondary N) is 7. The molecule has 4 rings (SSSR count). The molecule has 0 fully saturated rings. The van der Waals surface area contributed by atoms with Crippen LogP contribution in [0.3, 0.4) is 0 Å². The van der Waals surface area contributed by atoms with E-state index in [1.807, 2.05) is 0 Å². The van der Waals surface area contributed by atoms with Crippen molar-refractivity contribution in [2.75, 3.05) is 75.5 Å². The average molecular weight is 785 g/mol. The largest absolute Gasteiger partial charge is 0.352 e. The number of hydrogen-bond donors (Lipinski definition) is 7. The third-order valence-corrected chi connectivity index (χ3v) is 9.63. The first-order chi connectivity index (χ1) is 27.3. The molecule has 1 aromatic heterocycles. The summed E-state index contributed by atoms with van der Waals surface area (Å²) >= 11 is 0. The Bertz CT molecular complexity index is 2000. The number of aromatic amines is 2. The third-order valence-electron chi connectivity index (χ3n) is 9.63. The number of hydrazine groups is 1. The molecule has 4 amide bonds. The summed E-state index contributed by atoms with van der Waals surface area (Å²) in [5, 5.41) is 12.8. The van der Waals surface area contributed by atoms with Gasteiger partial charge in [0, 0.05) is 53.9 Å². The van der Waals surface area contributed by atoms with E-state index in [-0.39, 0.29) is 39.9 Å². The number of carbonyl (C=O) groups is 5. The van der Waals surface area contributed by atoms with Gasteiger partial charge >= 0.3 is 5.69 Å². The number of rotatable bonds is 22. The van der Waals surface area contributed by atoms with E-state index in [1.54, 1.807) is 61.6 Å². The number of nitrogens with zero attached hydrogens (tertiary/aromatic N) is 3. The van der Waals surface area contributed by atoms with Crippen molar-refractivity contribution in [3.05, 3.63) is 87.8 Å². The Morgan fingerprint density at radius 3 is 1.67 bits per heavy atom. The Morgan fingerprint density at radius 2 is 1.14 bits per heavy atom. The molecule has 1 heterocycles. The lowest BCUT2D eigenvalue weighted by Crippen LogP contribution is -2.49. The van der Waals surface area contributed by atoms with Gasteiger partial charge in [-0.3, -0.25) is 24.0 Å². The fraction of sp³-hybridized carbons (Fsp3) is 0.415. The monoisotopic (exact) mass is 784 g/mol. The molecule has 0 spiro atoms. The van der Waals surface area contributed by atoms with Crippen molar-refractivity contribution in [1.29, 1.82) is 0 Å². The molecular weight excluding hydrogens is 729 g/mol.